The van der Waals surface area contributed by atoms with Gasteiger partial charge in [-0.05, 0) is 34.6 Å². The standard InChI is InChI=1S/C12H19N5O5/c1-11(2,3)21-10(20)12(4,5)22-16-8(9(18)19)7-6-14-17(13)15-7/h6H,13H2,1-5H3,(H,18,19). The second kappa shape index (κ2) is 6.00. The summed E-state index contributed by atoms with van der Waals surface area (Å²) >= 11 is 0. The monoisotopic (exact) mass is 313 g/mol. The van der Waals surface area contributed by atoms with Gasteiger partial charge in [0, 0.05) is 0 Å². The molecule has 0 saturated heterocycles. The zero-order valence-corrected chi connectivity index (χ0v) is 13.0. The van der Waals surface area contributed by atoms with Crippen LogP contribution in [-0.2, 0) is 19.2 Å². The second-order valence-electron chi connectivity index (χ2n) is 5.90. The minimum atomic E-state index is -1.48. The summed E-state index contributed by atoms with van der Waals surface area (Å²) < 4.78 is 5.17. The number of rotatable bonds is 5. The number of nitrogen functional groups attached to an aromatic ring is 1. The van der Waals surface area contributed by atoms with E-state index in [1.807, 2.05) is 0 Å². The van der Waals surface area contributed by atoms with Crippen molar-refractivity contribution in [3.8, 4) is 0 Å². The van der Waals surface area contributed by atoms with Gasteiger partial charge in [-0.25, -0.2) is 9.59 Å². The highest BCUT2D eigenvalue weighted by Gasteiger charge is 2.36. The van der Waals surface area contributed by atoms with Crippen molar-refractivity contribution in [2.75, 3.05) is 5.84 Å². The van der Waals surface area contributed by atoms with Crippen LogP contribution in [0.15, 0.2) is 11.4 Å². The van der Waals surface area contributed by atoms with Crippen molar-refractivity contribution in [3.63, 3.8) is 0 Å². The lowest BCUT2D eigenvalue weighted by atomic mass is 10.1. The molecule has 0 aliphatic heterocycles. The number of carboxylic acids is 1. The maximum Gasteiger partial charge on any atom is 0.360 e. The number of carbonyl (C=O) groups is 2. The largest absolute Gasteiger partial charge is 0.476 e. The Morgan fingerprint density at radius 1 is 1.32 bits per heavy atom. The number of carbonyl (C=O) groups excluding carboxylic acids is 1. The van der Waals surface area contributed by atoms with Crippen LogP contribution in [0.5, 0.6) is 0 Å². The average Bonchev–Trinajstić information content (AvgIpc) is 2.73. The topological polar surface area (TPSA) is 142 Å². The highest BCUT2D eigenvalue weighted by atomic mass is 16.7. The molecule has 22 heavy (non-hydrogen) atoms. The van der Waals surface area contributed by atoms with Crippen LogP contribution in [0.3, 0.4) is 0 Å². The van der Waals surface area contributed by atoms with E-state index in [-0.39, 0.29) is 5.69 Å². The predicted molar refractivity (Wildman–Crippen MR) is 75.4 cm³/mol. The van der Waals surface area contributed by atoms with Gasteiger partial charge in [0.25, 0.3) is 0 Å². The molecule has 0 aliphatic carbocycles. The second-order valence-corrected chi connectivity index (χ2v) is 5.90. The molecular weight excluding hydrogens is 294 g/mol. The number of nitrogens with two attached hydrogens (primary N) is 1. The molecule has 3 N–H and O–H groups in total. The number of hydrogen-bond acceptors (Lipinski definition) is 8. The Morgan fingerprint density at radius 3 is 2.32 bits per heavy atom. The van der Waals surface area contributed by atoms with Gasteiger partial charge in [-0.2, -0.15) is 0 Å². The third kappa shape index (κ3) is 4.72. The van der Waals surface area contributed by atoms with Gasteiger partial charge in [0.1, 0.15) is 11.3 Å². The molecule has 1 aromatic heterocycles. The minimum Gasteiger partial charge on any atom is -0.476 e. The van der Waals surface area contributed by atoms with Crippen LogP contribution in [0.25, 0.3) is 0 Å². The summed E-state index contributed by atoms with van der Waals surface area (Å²) in [4.78, 5) is 28.9. The maximum absolute atomic E-state index is 12.0. The summed E-state index contributed by atoms with van der Waals surface area (Å²) in [7, 11) is 0. The van der Waals surface area contributed by atoms with Crippen LogP contribution in [0.1, 0.15) is 40.3 Å². The van der Waals surface area contributed by atoms with Crippen molar-refractivity contribution in [2.24, 2.45) is 5.16 Å². The van der Waals surface area contributed by atoms with Crippen LogP contribution in [0.4, 0.5) is 0 Å². The molecule has 0 amide bonds. The number of ether oxygens (including phenoxy) is 1. The van der Waals surface area contributed by atoms with Gasteiger partial charge in [0.2, 0.25) is 11.3 Å². The van der Waals surface area contributed by atoms with E-state index in [4.69, 9.17) is 20.5 Å². The van der Waals surface area contributed by atoms with E-state index < -0.39 is 28.9 Å². The van der Waals surface area contributed by atoms with E-state index in [1.165, 1.54) is 13.8 Å². The molecule has 10 heteroatoms. The van der Waals surface area contributed by atoms with Gasteiger partial charge in [-0.3, -0.25) is 0 Å². The normalized spacial score (nSPS) is 12.9. The van der Waals surface area contributed by atoms with Crippen molar-refractivity contribution in [3.05, 3.63) is 11.9 Å². The maximum atomic E-state index is 12.0. The Bertz CT molecular complexity index is 599. The summed E-state index contributed by atoms with van der Waals surface area (Å²) in [5.41, 5.74) is -2.82. The lowest BCUT2D eigenvalue weighted by Gasteiger charge is -2.26. The van der Waals surface area contributed by atoms with Crippen molar-refractivity contribution in [1.29, 1.82) is 0 Å². The number of hydrogen-bond donors (Lipinski definition) is 2. The van der Waals surface area contributed by atoms with Crippen LogP contribution in [0, 0.1) is 0 Å². The van der Waals surface area contributed by atoms with Crippen molar-refractivity contribution in [1.82, 2.24) is 15.1 Å². The lowest BCUT2D eigenvalue weighted by Crippen LogP contribution is -2.40. The van der Waals surface area contributed by atoms with Gasteiger partial charge >= 0.3 is 11.9 Å². The molecule has 1 rings (SSSR count). The number of esters is 1. The average molecular weight is 313 g/mol. The fraction of sp³-hybridized carbons (Fsp3) is 0.583. The fourth-order valence-corrected chi connectivity index (χ4v) is 1.18. The molecule has 0 bridgehead atoms. The third-order valence-electron chi connectivity index (χ3n) is 2.21. The molecule has 0 fully saturated rings. The number of nitrogens with zero attached hydrogens (tertiary/aromatic N) is 4. The molecule has 1 heterocycles. The van der Waals surface area contributed by atoms with E-state index in [0.717, 1.165) is 6.20 Å². The summed E-state index contributed by atoms with van der Waals surface area (Å²) in [6.45, 7) is 7.92. The summed E-state index contributed by atoms with van der Waals surface area (Å²) in [5, 5.41) is 19.7. The zero-order chi connectivity index (χ0) is 17.1. The number of aromatic nitrogens is 3. The Morgan fingerprint density at radius 2 is 1.91 bits per heavy atom. The first kappa shape index (κ1) is 17.4. The van der Waals surface area contributed by atoms with E-state index >= 15 is 0 Å². The molecule has 0 unspecified atom stereocenters. The number of aliphatic carboxylic acids is 1. The summed E-state index contributed by atoms with van der Waals surface area (Å²) in [6.07, 6.45) is 1.11. The molecule has 122 valence electrons. The number of oxime groups is 1. The van der Waals surface area contributed by atoms with Crippen LogP contribution in [-0.4, -0.2) is 49.1 Å². The van der Waals surface area contributed by atoms with E-state index in [2.05, 4.69) is 15.4 Å². The molecule has 0 radical (unpaired) electrons. The van der Waals surface area contributed by atoms with Crippen molar-refractivity contribution >= 4 is 17.7 Å². The first-order chi connectivity index (χ1) is 9.92. The first-order valence-corrected chi connectivity index (χ1v) is 6.33. The Labute approximate surface area is 126 Å². The Kier molecular flexibility index (Phi) is 4.74. The highest BCUT2D eigenvalue weighted by Crippen LogP contribution is 2.18. The lowest BCUT2D eigenvalue weighted by molar-refractivity contribution is -0.179. The smallest absolute Gasteiger partial charge is 0.360 e. The molecule has 0 spiro atoms. The van der Waals surface area contributed by atoms with Gasteiger partial charge in [-0.15, -0.1) is 10.2 Å². The van der Waals surface area contributed by atoms with Gasteiger partial charge in [0.15, 0.2) is 0 Å². The van der Waals surface area contributed by atoms with Crippen LogP contribution in [0.2, 0.25) is 0 Å². The Hall–Kier alpha value is -2.65. The molecule has 0 atom stereocenters. The van der Waals surface area contributed by atoms with Gasteiger partial charge < -0.3 is 20.5 Å². The van der Waals surface area contributed by atoms with E-state index in [1.54, 1.807) is 20.8 Å². The molecule has 0 aliphatic rings. The SMILES string of the molecule is CC(C)(C)OC(=O)C(C)(C)ON=C(C(=O)O)c1cnn(N)n1. The third-order valence-corrected chi connectivity index (χ3v) is 2.21. The number of carboxylic acid groups (broad SMARTS) is 1. The van der Waals surface area contributed by atoms with Crippen molar-refractivity contribution < 1.29 is 24.3 Å². The predicted octanol–water partition coefficient (Wildman–Crippen LogP) is -0.0825. The quantitative estimate of drug-likeness (QED) is 0.332. The molecular formula is C12H19N5O5. The molecule has 0 saturated carbocycles. The minimum absolute atomic E-state index is 0.102. The van der Waals surface area contributed by atoms with Gasteiger partial charge in [0.05, 0.1) is 6.20 Å². The van der Waals surface area contributed by atoms with Crippen LogP contribution < -0.4 is 5.84 Å². The molecule has 0 aromatic carbocycles. The highest BCUT2D eigenvalue weighted by molar-refractivity contribution is 6.41. The van der Waals surface area contributed by atoms with Crippen molar-refractivity contribution in [2.45, 2.75) is 45.8 Å². The first-order valence-electron chi connectivity index (χ1n) is 6.33. The summed E-state index contributed by atoms with van der Waals surface area (Å²) in [5.74, 6) is 3.16. The fourth-order valence-electron chi connectivity index (χ4n) is 1.18. The van der Waals surface area contributed by atoms with Gasteiger partial charge in [-0.1, -0.05) is 10.1 Å². The van der Waals surface area contributed by atoms with E-state index in [0.29, 0.717) is 4.91 Å². The Balaban J connectivity index is 2.94. The molecule has 1 aromatic rings. The van der Waals surface area contributed by atoms with E-state index in [9.17, 15) is 9.59 Å². The van der Waals surface area contributed by atoms with Crippen LogP contribution >= 0.6 is 0 Å². The molecule has 10 nitrogen and oxygen atoms in total. The zero-order valence-electron chi connectivity index (χ0n) is 13.0. The summed E-state index contributed by atoms with van der Waals surface area (Å²) in [6, 6.07) is 0.